The van der Waals surface area contributed by atoms with E-state index in [9.17, 15) is 4.79 Å². The highest BCUT2D eigenvalue weighted by Gasteiger charge is 2.27. The topological polar surface area (TPSA) is 51.2 Å². The summed E-state index contributed by atoms with van der Waals surface area (Å²) in [5.74, 6) is 0.733. The summed E-state index contributed by atoms with van der Waals surface area (Å²) in [5.41, 5.74) is 3.66. The van der Waals surface area contributed by atoms with Crippen molar-refractivity contribution in [3.8, 4) is 16.9 Å². The molecule has 0 bridgehead atoms. The van der Waals surface area contributed by atoms with Crippen molar-refractivity contribution in [3.63, 3.8) is 0 Å². The smallest absolute Gasteiger partial charge is 0.251 e. The molecule has 0 saturated carbocycles. The second kappa shape index (κ2) is 7.18. The molecule has 3 aromatic rings. The second-order valence-electron chi connectivity index (χ2n) is 6.20. The summed E-state index contributed by atoms with van der Waals surface area (Å²) in [6.07, 6.45) is 4.09. The standard InChI is InChI=1S/C21H17ClN2O2/c22-17-10-16-11-18(13-24-21(25)15-4-2-1-3-5-15)26-20(16)19(12-17)14-6-8-23-9-7-14/h1-10,12,18H,11,13H2,(H,24,25). The molecule has 1 N–H and O–H groups in total. The highest BCUT2D eigenvalue weighted by molar-refractivity contribution is 6.31. The lowest BCUT2D eigenvalue weighted by atomic mass is 10.0. The molecule has 1 amide bonds. The number of hydrogen-bond donors (Lipinski definition) is 1. The van der Waals surface area contributed by atoms with E-state index in [-0.39, 0.29) is 12.0 Å². The number of benzene rings is 2. The monoisotopic (exact) mass is 364 g/mol. The van der Waals surface area contributed by atoms with Gasteiger partial charge in [-0.1, -0.05) is 29.8 Å². The number of hydrogen-bond acceptors (Lipinski definition) is 3. The molecule has 4 nitrogen and oxygen atoms in total. The average molecular weight is 365 g/mol. The van der Waals surface area contributed by atoms with Crippen molar-refractivity contribution in [2.75, 3.05) is 6.54 Å². The summed E-state index contributed by atoms with van der Waals surface area (Å²) in [5, 5.41) is 3.62. The molecule has 26 heavy (non-hydrogen) atoms. The third kappa shape index (κ3) is 3.41. The van der Waals surface area contributed by atoms with Gasteiger partial charge in [-0.3, -0.25) is 9.78 Å². The van der Waals surface area contributed by atoms with Crippen LogP contribution in [0.5, 0.6) is 5.75 Å². The first kappa shape index (κ1) is 16.6. The Balaban J connectivity index is 1.50. The number of nitrogens with one attached hydrogen (secondary N) is 1. The van der Waals surface area contributed by atoms with E-state index < -0.39 is 0 Å². The average Bonchev–Trinajstić information content (AvgIpc) is 3.09. The zero-order valence-corrected chi connectivity index (χ0v) is 14.7. The number of nitrogens with zero attached hydrogens (tertiary/aromatic N) is 1. The number of pyridine rings is 1. The van der Waals surface area contributed by atoms with Crippen molar-refractivity contribution in [1.82, 2.24) is 10.3 Å². The molecular weight excluding hydrogens is 348 g/mol. The number of carbonyl (C=O) groups is 1. The van der Waals surface area contributed by atoms with Crippen LogP contribution in [0.1, 0.15) is 15.9 Å². The zero-order chi connectivity index (χ0) is 17.9. The lowest BCUT2D eigenvalue weighted by molar-refractivity contribution is 0.0933. The summed E-state index contributed by atoms with van der Waals surface area (Å²) in [7, 11) is 0. The Hall–Kier alpha value is -2.85. The first-order chi connectivity index (χ1) is 12.7. The molecule has 1 unspecified atom stereocenters. The molecule has 1 aliphatic heterocycles. The minimum absolute atomic E-state index is 0.0995. The van der Waals surface area contributed by atoms with E-state index >= 15 is 0 Å². The van der Waals surface area contributed by atoms with Crippen LogP contribution in [0.3, 0.4) is 0 Å². The summed E-state index contributed by atoms with van der Waals surface area (Å²) >= 11 is 6.29. The molecule has 1 atom stereocenters. The van der Waals surface area contributed by atoms with E-state index in [1.54, 1.807) is 24.5 Å². The maximum absolute atomic E-state index is 12.2. The number of rotatable bonds is 4. The maximum atomic E-state index is 12.2. The van der Waals surface area contributed by atoms with Gasteiger partial charge in [0.05, 0.1) is 6.54 Å². The predicted molar refractivity (Wildman–Crippen MR) is 102 cm³/mol. The van der Waals surface area contributed by atoms with Gasteiger partial charge in [0.15, 0.2) is 0 Å². The molecule has 2 aromatic carbocycles. The molecule has 1 aromatic heterocycles. The van der Waals surface area contributed by atoms with Crippen LogP contribution in [0, 0.1) is 0 Å². The minimum Gasteiger partial charge on any atom is -0.487 e. The summed E-state index contributed by atoms with van der Waals surface area (Å²) < 4.78 is 6.14. The molecule has 0 spiro atoms. The normalized spacial score (nSPS) is 15.2. The van der Waals surface area contributed by atoms with Crippen molar-refractivity contribution in [1.29, 1.82) is 0 Å². The Morgan fingerprint density at radius 2 is 1.92 bits per heavy atom. The quantitative estimate of drug-likeness (QED) is 0.757. The Kier molecular flexibility index (Phi) is 4.59. The van der Waals surface area contributed by atoms with Gasteiger partial charge in [0.25, 0.3) is 5.91 Å². The molecular formula is C21H17ClN2O2. The van der Waals surface area contributed by atoms with E-state index in [0.29, 0.717) is 23.6 Å². The van der Waals surface area contributed by atoms with Crippen molar-refractivity contribution in [2.24, 2.45) is 0 Å². The Morgan fingerprint density at radius 3 is 2.69 bits per heavy atom. The van der Waals surface area contributed by atoms with Crippen LogP contribution in [-0.2, 0) is 6.42 Å². The van der Waals surface area contributed by atoms with Gasteiger partial charge in [-0.2, -0.15) is 0 Å². The molecule has 0 saturated heterocycles. The largest absolute Gasteiger partial charge is 0.487 e. The highest BCUT2D eigenvalue weighted by atomic mass is 35.5. The fraction of sp³-hybridized carbons (Fsp3) is 0.143. The minimum atomic E-state index is -0.114. The fourth-order valence-corrected chi connectivity index (χ4v) is 3.39. The van der Waals surface area contributed by atoms with Gasteiger partial charge in [-0.05, 0) is 42.0 Å². The number of halogens is 1. The fourth-order valence-electron chi connectivity index (χ4n) is 3.15. The number of carbonyl (C=O) groups excluding carboxylic acids is 1. The molecule has 0 fully saturated rings. The van der Waals surface area contributed by atoms with Gasteiger partial charge < -0.3 is 10.1 Å². The van der Waals surface area contributed by atoms with Gasteiger partial charge in [-0.15, -0.1) is 0 Å². The van der Waals surface area contributed by atoms with E-state index in [4.69, 9.17) is 16.3 Å². The molecule has 130 valence electrons. The van der Waals surface area contributed by atoms with Crippen LogP contribution >= 0.6 is 11.6 Å². The van der Waals surface area contributed by atoms with Crippen molar-refractivity contribution in [3.05, 3.63) is 83.1 Å². The summed E-state index contributed by atoms with van der Waals surface area (Å²) in [6.45, 7) is 0.440. The van der Waals surface area contributed by atoms with Crippen molar-refractivity contribution in [2.45, 2.75) is 12.5 Å². The molecule has 0 aliphatic carbocycles. The Morgan fingerprint density at radius 1 is 1.15 bits per heavy atom. The van der Waals surface area contributed by atoms with Gasteiger partial charge in [-0.25, -0.2) is 0 Å². The van der Waals surface area contributed by atoms with Gasteiger partial charge >= 0.3 is 0 Å². The van der Waals surface area contributed by atoms with Crippen molar-refractivity contribution < 1.29 is 9.53 Å². The molecule has 5 heteroatoms. The van der Waals surface area contributed by atoms with Crippen molar-refractivity contribution >= 4 is 17.5 Å². The highest BCUT2D eigenvalue weighted by Crippen LogP contribution is 2.40. The number of amides is 1. The number of ether oxygens (including phenoxy) is 1. The van der Waals surface area contributed by atoms with E-state index in [1.165, 1.54) is 0 Å². The lowest BCUT2D eigenvalue weighted by Crippen LogP contribution is -2.34. The van der Waals surface area contributed by atoms with Crippen LogP contribution in [-0.4, -0.2) is 23.5 Å². The molecule has 4 rings (SSSR count). The van der Waals surface area contributed by atoms with E-state index in [0.717, 1.165) is 22.4 Å². The van der Waals surface area contributed by atoms with Crippen LogP contribution in [0.4, 0.5) is 0 Å². The van der Waals surface area contributed by atoms with Crippen LogP contribution in [0.25, 0.3) is 11.1 Å². The third-order valence-corrected chi connectivity index (χ3v) is 4.60. The van der Waals surface area contributed by atoms with Gasteiger partial charge in [0.2, 0.25) is 0 Å². The lowest BCUT2D eigenvalue weighted by Gasteiger charge is -2.14. The first-order valence-corrected chi connectivity index (χ1v) is 8.81. The zero-order valence-electron chi connectivity index (χ0n) is 14.0. The van der Waals surface area contributed by atoms with Crippen LogP contribution < -0.4 is 10.1 Å². The number of fused-ring (bicyclic) bond motifs is 1. The Labute approximate surface area is 156 Å². The predicted octanol–water partition coefficient (Wildman–Crippen LogP) is 4.14. The molecule has 0 radical (unpaired) electrons. The van der Waals surface area contributed by atoms with E-state index in [1.807, 2.05) is 42.5 Å². The molecule has 2 heterocycles. The van der Waals surface area contributed by atoms with Gasteiger partial charge in [0.1, 0.15) is 11.9 Å². The van der Waals surface area contributed by atoms with Crippen LogP contribution in [0.15, 0.2) is 67.0 Å². The molecule has 1 aliphatic rings. The van der Waals surface area contributed by atoms with Gasteiger partial charge in [0, 0.05) is 40.5 Å². The third-order valence-electron chi connectivity index (χ3n) is 4.38. The summed E-state index contributed by atoms with van der Waals surface area (Å²) in [4.78, 5) is 16.3. The van der Waals surface area contributed by atoms with Crippen LogP contribution in [0.2, 0.25) is 5.02 Å². The Bertz CT molecular complexity index is 930. The summed E-state index contributed by atoms with van der Waals surface area (Å²) in [6, 6.07) is 16.9. The SMILES string of the molecule is O=C(NCC1Cc2cc(Cl)cc(-c3ccncc3)c2O1)c1ccccc1. The maximum Gasteiger partial charge on any atom is 0.251 e. The number of aromatic nitrogens is 1. The van der Waals surface area contributed by atoms with E-state index in [2.05, 4.69) is 10.3 Å². The second-order valence-corrected chi connectivity index (χ2v) is 6.63. The first-order valence-electron chi connectivity index (χ1n) is 8.43.